The molecule has 0 unspecified atom stereocenters. The zero-order valence-electron chi connectivity index (χ0n) is 16.5. The highest BCUT2D eigenvalue weighted by Crippen LogP contribution is 2.29. The van der Waals surface area contributed by atoms with Crippen molar-refractivity contribution in [2.24, 2.45) is 0 Å². The Morgan fingerprint density at radius 3 is 2.83 bits per heavy atom. The monoisotopic (exact) mass is 395 g/mol. The van der Waals surface area contributed by atoms with Crippen LogP contribution >= 0.6 is 0 Å². The summed E-state index contributed by atoms with van der Waals surface area (Å²) >= 11 is 0. The lowest BCUT2D eigenvalue weighted by Gasteiger charge is -2.14. The molecule has 0 radical (unpaired) electrons. The van der Waals surface area contributed by atoms with Crippen LogP contribution in [0, 0.1) is 0 Å². The summed E-state index contributed by atoms with van der Waals surface area (Å²) in [6, 6.07) is 12.2. The minimum absolute atomic E-state index is 0.797. The summed E-state index contributed by atoms with van der Waals surface area (Å²) in [5.41, 5.74) is 8.49. The zero-order valence-corrected chi connectivity index (χ0v) is 16.5. The summed E-state index contributed by atoms with van der Waals surface area (Å²) in [6.07, 6.45) is 8.21. The molecule has 0 amide bonds. The third kappa shape index (κ3) is 3.04. The predicted molar refractivity (Wildman–Crippen MR) is 117 cm³/mol. The summed E-state index contributed by atoms with van der Waals surface area (Å²) in [5, 5.41) is 7.61. The van der Waals surface area contributed by atoms with Crippen LogP contribution in [-0.2, 0) is 6.54 Å². The molecule has 1 saturated heterocycles. The van der Waals surface area contributed by atoms with E-state index in [4.69, 9.17) is 4.98 Å². The summed E-state index contributed by atoms with van der Waals surface area (Å²) in [7, 11) is 0. The second-order valence-electron chi connectivity index (χ2n) is 7.85. The van der Waals surface area contributed by atoms with E-state index in [1.165, 1.54) is 31.5 Å². The summed E-state index contributed by atoms with van der Waals surface area (Å²) in [6.45, 7) is 3.29. The molecule has 0 aromatic carbocycles. The minimum atomic E-state index is 0.797. The lowest BCUT2D eigenvalue weighted by molar-refractivity contribution is 0.331. The van der Waals surface area contributed by atoms with Crippen LogP contribution in [0.15, 0.2) is 55.0 Å². The van der Waals surface area contributed by atoms with Crippen molar-refractivity contribution in [3.8, 4) is 22.6 Å². The highest BCUT2D eigenvalue weighted by atomic mass is 15.1. The van der Waals surface area contributed by atoms with Crippen LogP contribution in [0.5, 0.6) is 0 Å². The molecule has 6 heterocycles. The average Bonchev–Trinajstić information content (AvgIpc) is 3.52. The van der Waals surface area contributed by atoms with E-state index in [1.807, 2.05) is 42.7 Å². The van der Waals surface area contributed by atoms with Crippen molar-refractivity contribution >= 4 is 22.1 Å². The number of pyridine rings is 3. The third-order valence-electron chi connectivity index (χ3n) is 5.75. The summed E-state index contributed by atoms with van der Waals surface area (Å²) < 4.78 is 0. The van der Waals surface area contributed by atoms with E-state index in [1.54, 1.807) is 6.20 Å². The first-order valence-corrected chi connectivity index (χ1v) is 10.3. The molecule has 0 spiro atoms. The van der Waals surface area contributed by atoms with Crippen molar-refractivity contribution < 1.29 is 0 Å². The molecular weight excluding hydrogens is 374 g/mol. The number of rotatable bonds is 4. The lowest BCUT2D eigenvalue weighted by atomic mass is 10.1. The molecule has 5 aromatic rings. The van der Waals surface area contributed by atoms with E-state index < -0.39 is 0 Å². The summed E-state index contributed by atoms with van der Waals surface area (Å²) in [5.74, 6) is 0. The number of hydrogen-bond acceptors (Lipinski definition) is 5. The molecule has 0 aliphatic carbocycles. The van der Waals surface area contributed by atoms with Crippen molar-refractivity contribution in [2.45, 2.75) is 19.4 Å². The topological polar surface area (TPSA) is 86.4 Å². The number of likely N-dealkylation sites (tertiary alicyclic amines) is 1. The van der Waals surface area contributed by atoms with E-state index in [9.17, 15) is 0 Å². The second-order valence-corrected chi connectivity index (χ2v) is 7.85. The van der Waals surface area contributed by atoms with E-state index in [0.29, 0.717) is 0 Å². The van der Waals surface area contributed by atoms with E-state index >= 15 is 0 Å². The number of fused-ring (bicyclic) bond motifs is 2. The molecule has 1 fully saturated rings. The molecule has 30 heavy (non-hydrogen) atoms. The number of aromatic amines is 2. The number of aromatic nitrogens is 6. The second kappa shape index (κ2) is 7.03. The van der Waals surface area contributed by atoms with Crippen LogP contribution in [0.1, 0.15) is 18.4 Å². The first kappa shape index (κ1) is 17.3. The van der Waals surface area contributed by atoms with Gasteiger partial charge >= 0.3 is 0 Å². The van der Waals surface area contributed by atoms with Gasteiger partial charge in [0, 0.05) is 30.7 Å². The van der Waals surface area contributed by atoms with Crippen LogP contribution in [0.4, 0.5) is 0 Å². The van der Waals surface area contributed by atoms with Crippen molar-refractivity contribution in [3.63, 3.8) is 0 Å². The van der Waals surface area contributed by atoms with Gasteiger partial charge in [0.1, 0.15) is 11.2 Å². The van der Waals surface area contributed by atoms with Gasteiger partial charge < -0.3 is 4.98 Å². The molecule has 1 aliphatic rings. The molecule has 1 aliphatic heterocycles. The van der Waals surface area contributed by atoms with Gasteiger partial charge in [0.25, 0.3) is 0 Å². The first-order chi connectivity index (χ1) is 14.8. The Bertz CT molecular complexity index is 1310. The van der Waals surface area contributed by atoms with Gasteiger partial charge in [-0.3, -0.25) is 20.0 Å². The highest BCUT2D eigenvalue weighted by Gasteiger charge is 2.15. The van der Waals surface area contributed by atoms with Crippen molar-refractivity contribution in [2.75, 3.05) is 13.1 Å². The Morgan fingerprint density at radius 1 is 1.00 bits per heavy atom. The maximum Gasteiger partial charge on any atom is 0.135 e. The largest absolute Gasteiger partial charge is 0.352 e. The predicted octanol–water partition coefficient (Wildman–Crippen LogP) is 4.16. The average molecular weight is 395 g/mol. The molecule has 148 valence electrons. The fourth-order valence-electron chi connectivity index (χ4n) is 4.24. The number of H-pyrrole nitrogens is 2. The van der Waals surface area contributed by atoms with Crippen LogP contribution in [0.3, 0.4) is 0 Å². The normalized spacial score (nSPS) is 14.8. The SMILES string of the molecule is c1cnc2cc(-c3n[nH]c4ccc(-c5cncc(CN6CCCC6)c5)nc34)[nH]c2c1. The Kier molecular flexibility index (Phi) is 4.06. The number of hydrogen-bond donors (Lipinski definition) is 2. The molecule has 5 aromatic heterocycles. The number of nitrogens with one attached hydrogen (secondary N) is 2. The molecule has 0 bridgehead atoms. The van der Waals surface area contributed by atoms with Crippen molar-refractivity contribution in [1.82, 2.24) is 35.0 Å². The van der Waals surface area contributed by atoms with Gasteiger partial charge in [0.15, 0.2) is 0 Å². The maximum absolute atomic E-state index is 4.94. The smallest absolute Gasteiger partial charge is 0.135 e. The van der Waals surface area contributed by atoms with E-state index in [2.05, 4.69) is 36.1 Å². The van der Waals surface area contributed by atoms with Crippen LogP contribution in [0.2, 0.25) is 0 Å². The molecular formula is C23H21N7. The van der Waals surface area contributed by atoms with Gasteiger partial charge in [-0.05, 0) is 67.9 Å². The summed E-state index contributed by atoms with van der Waals surface area (Å²) in [4.78, 5) is 19.7. The fourth-order valence-corrected chi connectivity index (χ4v) is 4.24. The first-order valence-electron chi connectivity index (χ1n) is 10.3. The third-order valence-corrected chi connectivity index (χ3v) is 5.75. The highest BCUT2D eigenvalue weighted by molar-refractivity contribution is 5.93. The molecule has 2 N–H and O–H groups in total. The Morgan fingerprint density at radius 2 is 1.93 bits per heavy atom. The van der Waals surface area contributed by atoms with Crippen LogP contribution in [0.25, 0.3) is 44.7 Å². The molecule has 7 heteroatoms. The van der Waals surface area contributed by atoms with Crippen molar-refractivity contribution in [1.29, 1.82) is 0 Å². The number of nitrogens with zero attached hydrogens (tertiary/aromatic N) is 5. The van der Waals surface area contributed by atoms with Gasteiger partial charge in [-0.1, -0.05) is 0 Å². The quantitative estimate of drug-likeness (QED) is 0.477. The standard InChI is InChI=1S/C23H21N7/c1-2-9-30(8-1)14-15-10-16(13-24-12-15)17-5-6-19-22(27-17)23(29-28-19)21-11-20-18(26-21)4-3-7-25-20/h3-7,10-13,26H,1-2,8-9,14H2,(H,28,29). The fraction of sp³-hybridized carbons (Fsp3) is 0.217. The maximum atomic E-state index is 4.94. The molecule has 7 nitrogen and oxygen atoms in total. The zero-order chi connectivity index (χ0) is 19.9. The Hall–Kier alpha value is -3.58. The van der Waals surface area contributed by atoms with Gasteiger partial charge in [-0.25, -0.2) is 4.98 Å². The van der Waals surface area contributed by atoms with E-state index in [-0.39, 0.29) is 0 Å². The van der Waals surface area contributed by atoms with Gasteiger partial charge in [-0.2, -0.15) is 5.10 Å². The van der Waals surface area contributed by atoms with Crippen LogP contribution in [-0.4, -0.2) is 48.1 Å². The van der Waals surface area contributed by atoms with Gasteiger partial charge in [-0.15, -0.1) is 0 Å². The lowest BCUT2D eigenvalue weighted by Crippen LogP contribution is -2.18. The van der Waals surface area contributed by atoms with Crippen LogP contribution < -0.4 is 0 Å². The Balaban J connectivity index is 1.39. The van der Waals surface area contributed by atoms with Crippen molar-refractivity contribution in [3.05, 3.63) is 60.6 Å². The molecule has 0 saturated carbocycles. The Labute approximate surface area is 173 Å². The van der Waals surface area contributed by atoms with Gasteiger partial charge in [0.05, 0.1) is 27.9 Å². The van der Waals surface area contributed by atoms with Gasteiger partial charge in [0.2, 0.25) is 0 Å². The minimum Gasteiger partial charge on any atom is -0.352 e. The van der Waals surface area contributed by atoms with E-state index in [0.717, 1.165) is 51.3 Å². The molecule has 6 rings (SSSR count). The molecule has 0 atom stereocenters.